The summed E-state index contributed by atoms with van der Waals surface area (Å²) in [4.78, 5) is 23.8. The number of ether oxygens (including phenoxy) is 1. The molecule has 1 heterocycles. The first kappa shape index (κ1) is 14.1. The molecule has 0 atom stereocenters. The van der Waals surface area contributed by atoms with Gasteiger partial charge >= 0.3 is 5.97 Å². The molecule has 0 unspecified atom stereocenters. The number of Topliss-reactive ketones (excluding diaryl/α,β-unsaturated/α-hetero) is 1. The molecule has 15 heavy (non-hydrogen) atoms. The number of methoxy groups -OCH3 is 1. The van der Waals surface area contributed by atoms with Crippen LogP contribution in [-0.2, 0) is 14.3 Å². The van der Waals surface area contributed by atoms with Crippen molar-refractivity contribution >= 4 is 11.8 Å². The fourth-order valence-corrected chi connectivity index (χ4v) is 1.38. The average molecular weight is 215 g/mol. The minimum Gasteiger partial charge on any atom is -0.469 e. The summed E-state index contributed by atoms with van der Waals surface area (Å²) < 4.78 is 4.53. The van der Waals surface area contributed by atoms with E-state index in [-0.39, 0.29) is 5.97 Å². The zero-order valence-electron chi connectivity index (χ0n) is 9.91. The Bertz CT molecular complexity index is 194. The van der Waals surface area contributed by atoms with Crippen LogP contribution in [0, 0.1) is 0 Å². The molecule has 0 saturated carbocycles. The molecule has 0 aromatic rings. The molecule has 0 aliphatic carbocycles. The minimum atomic E-state index is -0.183. The highest BCUT2D eigenvalue weighted by atomic mass is 16.5. The van der Waals surface area contributed by atoms with Gasteiger partial charge in [0.25, 0.3) is 0 Å². The van der Waals surface area contributed by atoms with Crippen molar-refractivity contribution in [3.8, 4) is 0 Å². The van der Waals surface area contributed by atoms with E-state index in [1.165, 1.54) is 7.11 Å². The minimum absolute atomic E-state index is 0.183. The number of rotatable bonds is 3. The van der Waals surface area contributed by atoms with Crippen LogP contribution >= 0.6 is 0 Å². The Hall–Kier alpha value is -0.900. The van der Waals surface area contributed by atoms with E-state index in [0.29, 0.717) is 31.6 Å². The van der Waals surface area contributed by atoms with Crippen molar-refractivity contribution < 1.29 is 14.3 Å². The molecule has 0 aromatic heterocycles. The maximum Gasteiger partial charge on any atom is 0.306 e. The van der Waals surface area contributed by atoms with Crippen molar-refractivity contribution in [2.24, 2.45) is 0 Å². The van der Waals surface area contributed by atoms with E-state index in [1.807, 2.05) is 13.8 Å². The van der Waals surface area contributed by atoms with Gasteiger partial charge in [-0.15, -0.1) is 0 Å². The van der Waals surface area contributed by atoms with Gasteiger partial charge < -0.3 is 9.64 Å². The van der Waals surface area contributed by atoms with Crippen LogP contribution in [0.3, 0.4) is 0 Å². The number of likely N-dealkylation sites (tertiary alicyclic amines) is 1. The molecule has 1 saturated heterocycles. The van der Waals surface area contributed by atoms with E-state index in [1.54, 1.807) is 0 Å². The molecule has 0 bridgehead atoms. The Balaban J connectivity index is 0.000000921. The maximum absolute atomic E-state index is 10.9. The number of hydrogen-bond acceptors (Lipinski definition) is 4. The van der Waals surface area contributed by atoms with Crippen LogP contribution < -0.4 is 0 Å². The van der Waals surface area contributed by atoms with Crippen molar-refractivity contribution in [1.29, 1.82) is 0 Å². The van der Waals surface area contributed by atoms with Crippen LogP contribution in [0.25, 0.3) is 0 Å². The van der Waals surface area contributed by atoms with Gasteiger partial charge in [0.15, 0.2) is 0 Å². The lowest BCUT2D eigenvalue weighted by Gasteiger charge is -2.24. The summed E-state index contributed by atoms with van der Waals surface area (Å²) in [6.07, 6.45) is 1.67. The molecule has 1 aliphatic rings. The number of esters is 1. The Morgan fingerprint density at radius 1 is 1.33 bits per heavy atom. The fraction of sp³-hybridized carbons (Fsp3) is 0.818. The predicted octanol–water partition coefficient (Wildman–Crippen LogP) is 1.24. The predicted molar refractivity (Wildman–Crippen MR) is 58.7 cm³/mol. The number of hydrogen-bond donors (Lipinski definition) is 0. The topological polar surface area (TPSA) is 46.6 Å². The Kier molecular flexibility index (Phi) is 7.91. The van der Waals surface area contributed by atoms with Crippen LogP contribution in [-0.4, -0.2) is 43.4 Å². The zero-order valence-corrected chi connectivity index (χ0v) is 9.91. The summed E-state index contributed by atoms with van der Waals surface area (Å²) >= 11 is 0. The lowest BCUT2D eigenvalue weighted by Crippen LogP contribution is -2.35. The Labute approximate surface area is 91.6 Å². The standard InChI is InChI=1S/C9H15NO3.C2H6/c1-13-9(12)4-7-10-5-2-8(11)3-6-10;1-2/h2-7H2,1H3;1-2H3. The molecule has 0 aromatic carbocycles. The number of ketones is 1. The second-order valence-corrected chi connectivity index (χ2v) is 3.21. The molecule has 0 spiro atoms. The van der Waals surface area contributed by atoms with E-state index in [4.69, 9.17) is 0 Å². The van der Waals surface area contributed by atoms with Crippen molar-refractivity contribution in [2.75, 3.05) is 26.7 Å². The third kappa shape index (κ3) is 6.23. The number of piperidine rings is 1. The summed E-state index contributed by atoms with van der Waals surface area (Å²) in [7, 11) is 1.39. The number of carbonyl (C=O) groups is 2. The van der Waals surface area contributed by atoms with Crippen LogP contribution in [0.1, 0.15) is 33.1 Å². The fourth-order valence-electron chi connectivity index (χ4n) is 1.38. The molecule has 0 amide bonds. The lowest BCUT2D eigenvalue weighted by molar-refractivity contribution is -0.141. The maximum atomic E-state index is 10.9. The molecular weight excluding hydrogens is 194 g/mol. The summed E-state index contributed by atoms with van der Waals surface area (Å²) in [6, 6.07) is 0. The molecule has 1 rings (SSSR count). The highest BCUT2D eigenvalue weighted by Gasteiger charge is 2.16. The first-order valence-corrected chi connectivity index (χ1v) is 5.53. The highest BCUT2D eigenvalue weighted by molar-refractivity contribution is 5.79. The summed E-state index contributed by atoms with van der Waals surface area (Å²) in [5.74, 6) is 0.145. The molecule has 0 N–H and O–H groups in total. The van der Waals surface area contributed by atoms with Crippen molar-refractivity contribution in [1.82, 2.24) is 4.90 Å². The molecular formula is C11H21NO3. The van der Waals surface area contributed by atoms with Crippen molar-refractivity contribution in [3.63, 3.8) is 0 Å². The van der Waals surface area contributed by atoms with E-state index >= 15 is 0 Å². The smallest absolute Gasteiger partial charge is 0.306 e. The van der Waals surface area contributed by atoms with Gasteiger partial charge in [0.1, 0.15) is 5.78 Å². The van der Waals surface area contributed by atoms with Gasteiger partial charge in [-0.1, -0.05) is 13.8 Å². The van der Waals surface area contributed by atoms with Gasteiger partial charge in [-0.3, -0.25) is 9.59 Å². The normalized spacial score (nSPS) is 16.6. The van der Waals surface area contributed by atoms with E-state index in [0.717, 1.165) is 13.1 Å². The SMILES string of the molecule is CC.COC(=O)CCN1CCC(=O)CC1. The largest absolute Gasteiger partial charge is 0.469 e. The second kappa shape index (κ2) is 8.41. The third-order valence-corrected chi connectivity index (χ3v) is 2.27. The van der Waals surface area contributed by atoms with Crippen molar-refractivity contribution in [3.05, 3.63) is 0 Å². The number of carbonyl (C=O) groups excluding carboxylic acids is 2. The Morgan fingerprint density at radius 2 is 1.87 bits per heavy atom. The van der Waals surface area contributed by atoms with E-state index in [9.17, 15) is 9.59 Å². The second-order valence-electron chi connectivity index (χ2n) is 3.21. The highest BCUT2D eigenvalue weighted by Crippen LogP contribution is 2.05. The van der Waals surface area contributed by atoms with Crippen LogP contribution in [0.4, 0.5) is 0 Å². The molecule has 4 nitrogen and oxygen atoms in total. The summed E-state index contributed by atoms with van der Waals surface area (Å²) in [5, 5.41) is 0. The van der Waals surface area contributed by atoms with Crippen LogP contribution in [0.15, 0.2) is 0 Å². The molecule has 1 aliphatic heterocycles. The summed E-state index contributed by atoms with van der Waals surface area (Å²) in [5.41, 5.74) is 0. The monoisotopic (exact) mass is 215 g/mol. The average Bonchev–Trinajstić information content (AvgIpc) is 2.30. The van der Waals surface area contributed by atoms with Gasteiger partial charge in [0.2, 0.25) is 0 Å². The lowest BCUT2D eigenvalue weighted by atomic mass is 10.1. The van der Waals surface area contributed by atoms with Gasteiger partial charge in [-0.05, 0) is 0 Å². The third-order valence-electron chi connectivity index (χ3n) is 2.27. The van der Waals surface area contributed by atoms with Crippen LogP contribution in [0.2, 0.25) is 0 Å². The van der Waals surface area contributed by atoms with Gasteiger partial charge in [-0.2, -0.15) is 0 Å². The molecule has 1 fully saturated rings. The molecule has 0 radical (unpaired) electrons. The van der Waals surface area contributed by atoms with Gasteiger partial charge in [0, 0.05) is 32.5 Å². The quantitative estimate of drug-likeness (QED) is 0.664. The van der Waals surface area contributed by atoms with E-state index < -0.39 is 0 Å². The van der Waals surface area contributed by atoms with E-state index in [2.05, 4.69) is 9.64 Å². The zero-order chi connectivity index (χ0) is 11.7. The Morgan fingerprint density at radius 3 is 2.33 bits per heavy atom. The van der Waals surface area contributed by atoms with Gasteiger partial charge in [0.05, 0.1) is 13.5 Å². The van der Waals surface area contributed by atoms with Gasteiger partial charge in [-0.25, -0.2) is 0 Å². The molecule has 4 heteroatoms. The molecule has 88 valence electrons. The first-order valence-electron chi connectivity index (χ1n) is 5.53. The van der Waals surface area contributed by atoms with Crippen LogP contribution in [0.5, 0.6) is 0 Å². The number of nitrogens with zero attached hydrogens (tertiary/aromatic N) is 1. The van der Waals surface area contributed by atoms with Crippen molar-refractivity contribution in [2.45, 2.75) is 33.1 Å². The first-order chi connectivity index (χ1) is 7.22. The summed E-state index contributed by atoms with van der Waals surface area (Å²) in [6.45, 7) is 6.28.